The number of carbonyl (C=O) groups excluding carboxylic acids is 3. The first kappa shape index (κ1) is 21.8. The number of hydrogen-bond acceptors (Lipinski definition) is 6. The molecule has 0 saturated carbocycles. The first-order valence-electron chi connectivity index (χ1n) is 11.3. The van der Waals surface area contributed by atoms with Gasteiger partial charge in [-0.25, -0.2) is 0 Å². The summed E-state index contributed by atoms with van der Waals surface area (Å²) in [6.45, 7) is 3.78. The zero-order valence-corrected chi connectivity index (χ0v) is 18.6. The highest BCUT2D eigenvalue weighted by atomic mass is 16.3. The number of anilines is 1. The number of carbonyl (C=O) groups is 3. The summed E-state index contributed by atoms with van der Waals surface area (Å²) >= 11 is 0. The minimum atomic E-state index is -0.777. The average molecular weight is 449 g/mol. The molecule has 0 aromatic heterocycles. The van der Waals surface area contributed by atoms with Crippen molar-refractivity contribution in [3.8, 4) is 0 Å². The number of β-amino-alcohol motifs (C(OH)–C–C–N with tert-alkyl or cyclic N) is 1. The molecule has 3 aliphatic heterocycles. The first-order valence-corrected chi connectivity index (χ1v) is 11.3. The largest absolute Gasteiger partial charge is 0.392 e. The Morgan fingerprint density at radius 2 is 1.70 bits per heavy atom. The standard InChI is InChI=1S/C25H28N4O4/c1-17(30)26-20-9-7-19(8-10-20)12-27-15-25(16-27)24(33)28(13-18-5-3-2-4-6-18)23(32)22-11-21(31)14-29(22)25/h2-10,21-22,31H,11-16H2,1H3,(H,26,30). The Morgan fingerprint density at radius 1 is 1.03 bits per heavy atom. The summed E-state index contributed by atoms with van der Waals surface area (Å²) in [6.07, 6.45) is -0.236. The molecule has 8 nitrogen and oxygen atoms in total. The molecule has 2 aromatic rings. The topological polar surface area (TPSA) is 93.2 Å². The highest BCUT2D eigenvalue weighted by molar-refractivity contribution is 6.06. The fourth-order valence-corrected chi connectivity index (χ4v) is 5.37. The fourth-order valence-electron chi connectivity index (χ4n) is 5.37. The van der Waals surface area contributed by atoms with Gasteiger partial charge in [0.2, 0.25) is 11.8 Å². The SMILES string of the molecule is CC(=O)Nc1ccc(CN2CC3(C2)C(=O)N(Cc2ccccc2)C(=O)C2CC(O)CN23)cc1. The molecule has 2 aromatic carbocycles. The molecule has 3 amide bonds. The normalized spacial score (nSPS) is 24.6. The maximum atomic E-state index is 13.7. The van der Waals surface area contributed by atoms with Crippen LogP contribution < -0.4 is 5.32 Å². The zero-order chi connectivity index (χ0) is 23.2. The van der Waals surface area contributed by atoms with Crippen LogP contribution in [0.1, 0.15) is 24.5 Å². The molecule has 0 aliphatic carbocycles. The van der Waals surface area contributed by atoms with E-state index in [-0.39, 0.29) is 24.3 Å². The summed E-state index contributed by atoms with van der Waals surface area (Å²) in [5.74, 6) is -0.489. The van der Waals surface area contributed by atoms with E-state index in [1.54, 1.807) is 0 Å². The van der Waals surface area contributed by atoms with E-state index in [0.717, 1.165) is 16.8 Å². The molecule has 2 N–H and O–H groups in total. The molecule has 5 rings (SSSR count). The molecule has 0 radical (unpaired) electrons. The Labute approximate surface area is 192 Å². The molecule has 2 unspecified atom stereocenters. The van der Waals surface area contributed by atoms with Gasteiger partial charge in [0, 0.05) is 38.8 Å². The maximum absolute atomic E-state index is 13.7. The van der Waals surface area contributed by atoms with Gasteiger partial charge in [-0.05, 0) is 29.7 Å². The smallest absolute Gasteiger partial charge is 0.252 e. The molecule has 3 aliphatic rings. The van der Waals surface area contributed by atoms with Gasteiger partial charge in [0.1, 0.15) is 5.54 Å². The molecule has 1 spiro atoms. The fraction of sp³-hybridized carbons (Fsp3) is 0.400. The lowest BCUT2D eigenvalue weighted by Gasteiger charge is -2.58. The Morgan fingerprint density at radius 3 is 2.36 bits per heavy atom. The summed E-state index contributed by atoms with van der Waals surface area (Å²) in [5.41, 5.74) is 1.97. The number of imide groups is 1. The molecule has 33 heavy (non-hydrogen) atoms. The third-order valence-corrected chi connectivity index (χ3v) is 6.86. The van der Waals surface area contributed by atoms with Gasteiger partial charge in [-0.15, -0.1) is 0 Å². The summed E-state index contributed by atoms with van der Waals surface area (Å²) in [5, 5.41) is 13.1. The number of piperazine rings is 1. The maximum Gasteiger partial charge on any atom is 0.252 e. The Hall–Kier alpha value is -3.07. The highest BCUT2D eigenvalue weighted by Gasteiger charge is 2.64. The van der Waals surface area contributed by atoms with Crippen LogP contribution in [0.15, 0.2) is 54.6 Å². The number of hydrogen-bond donors (Lipinski definition) is 2. The lowest BCUT2D eigenvalue weighted by atomic mass is 9.82. The van der Waals surface area contributed by atoms with Crippen molar-refractivity contribution in [2.24, 2.45) is 0 Å². The van der Waals surface area contributed by atoms with Crippen LogP contribution in [0.5, 0.6) is 0 Å². The predicted octanol–water partition coefficient (Wildman–Crippen LogP) is 1.20. The molecular weight excluding hydrogens is 420 g/mol. The van der Waals surface area contributed by atoms with Crippen molar-refractivity contribution < 1.29 is 19.5 Å². The van der Waals surface area contributed by atoms with Gasteiger partial charge in [-0.1, -0.05) is 42.5 Å². The van der Waals surface area contributed by atoms with Crippen LogP contribution in [0, 0.1) is 0 Å². The number of benzene rings is 2. The van der Waals surface area contributed by atoms with Crippen LogP contribution in [-0.4, -0.2) is 74.8 Å². The lowest BCUT2D eigenvalue weighted by molar-refractivity contribution is -0.181. The van der Waals surface area contributed by atoms with Gasteiger partial charge in [0.05, 0.1) is 18.7 Å². The number of nitrogens with one attached hydrogen (secondary N) is 1. The van der Waals surface area contributed by atoms with Crippen molar-refractivity contribution in [3.63, 3.8) is 0 Å². The minimum Gasteiger partial charge on any atom is -0.392 e. The number of likely N-dealkylation sites (tertiary alicyclic amines) is 1. The van der Waals surface area contributed by atoms with Gasteiger partial charge < -0.3 is 10.4 Å². The van der Waals surface area contributed by atoms with Gasteiger partial charge in [-0.3, -0.25) is 29.1 Å². The third kappa shape index (κ3) is 3.94. The van der Waals surface area contributed by atoms with Gasteiger partial charge in [0.15, 0.2) is 0 Å². The second kappa shape index (κ2) is 8.37. The monoisotopic (exact) mass is 448 g/mol. The van der Waals surface area contributed by atoms with E-state index in [1.165, 1.54) is 11.8 Å². The molecule has 3 heterocycles. The second-order valence-corrected chi connectivity index (χ2v) is 9.33. The van der Waals surface area contributed by atoms with E-state index in [0.29, 0.717) is 32.6 Å². The third-order valence-electron chi connectivity index (χ3n) is 6.86. The van der Waals surface area contributed by atoms with Crippen LogP contribution >= 0.6 is 0 Å². The first-order chi connectivity index (χ1) is 15.9. The van der Waals surface area contributed by atoms with Crippen molar-refractivity contribution >= 4 is 23.4 Å². The summed E-state index contributed by atoms with van der Waals surface area (Å²) in [4.78, 5) is 43.6. The van der Waals surface area contributed by atoms with Crippen LogP contribution in [-0.2, 0) is 27.5 Å². The van der Waals surface area contributed by atoms with Crippen molar-refractivity contribution in [2.45, 2.75) is 44.1 Å². The molecule has 2 atom stereocenters. The number of amides is 3. The summed E-state index contributed by atoms with van der Waals surface area (Å²) in [6, 6.07) is 16.7. The molecule has 8 heteroatoms. The van der Waals surface area contributed by atoms with Gasteiger partial charge >= 0.3 is 0 Å². The Balaban J connectivity index is 1.32. The number of fused-ring (bicyclic) bond motifs is 2. The summed E-state index contributed by atoms with van der Waals surface area (Å²) < 4.78 is 0. The van der Waals surface area contributed by atoms with E-state index < -0.39 is 17.7 Å². The van der Waals surface area contributed by atoms with Crippen molar-refractivity contribution in [1.29, 1.82) is 0 Å². The number of aliphatic hydroxyl groups is 1. The highest BCUT2D eigenvalue weighted by Crippen LogP contribution is 2.41. The van der Waals surface area contributed by atoms with Crippen molar-refractivity contribution in [3.05, 3.63) is 65.7 Å². The number of nitrogens with zero attached hydrogens (tertiary/aromatic N) is 3. The minimum absolute atomic E-state index is 0.111. The van der Waals surface area contributed by atoms with E-state index in [4.69, 9.17) is 0 Å². The van der Waals surface area contributed by atoms with Crippen LogP contribution in [0.25, 0.3) is 0 Å². The van der Waals surface area contributed by atoms with E-state index in [9.17, 15) is 19.5 Å². The molecule has 3 fully saturated rings. The van der Waals surface area contributed by atoms with E-state index in [2.05, 4.69) is 10.2 Å². The molecule has 172 valence electrons. The van der Waals surface area contributed by atoms with Crippen LogP contribution in [0.2, 0.25) is 0 Å². The average Bonchev–Trinajstić information content (AvgIpc) is 3.16. The number of rotatable bonds is 5. The van der Waals surface area contributed by atoms with E-state index >= 15 is 0 Å². The molecule has 0 bridgehead atoms. The number of aliphatic hydroxyl groups excluding tert-OH is 1. The van der Waals surface area contributed by atoms with Crippen molar-refractivity contribution in [2.75, 3.05) is 25.0 Å². The zero-order valence-electron chi connectivity index (χ0n) is 18.6. The Bertz CT molecular complexity index is 1070. The Kier molecular flexibility index (Phi) is 5.52. The lowest BCUT2D eigenvalue weighted by Crippen LogP contribution is -2.81. The summed E-state index contributed by atoms with van der Waals surface area (Å²) in [7, 11) is 0. The molecule has 3 saturated heterocycles. The van der Waals surface area contributed by atoms with Gasteiger partial charge in [-0.2, -0.15) is 0 Å². The predicted molar refractivity (Wildman–Crippen MR) is 122 cm³/mol. The van der Waals surface area contributed by atoms with Crippen LogP contribution in [0.4, 0.5) is 5.69 Å². The van der Waals surface area contributed by atoms with Crippen molar-refractivity contribution in [1.82, 2.24) is 14.7 Å². The quantitative estimate of drug-likeness (QED) is 0.668. The van der Waals surface area contributed by atoms with E-state index in [1.807, 2.05) is 59.5 Å². The van der Waals surface area contributed by atoms with Crippen LogP contribution in [0.3, 0.4) is 0 Å². The molecular formula is C25H28N4O4. The van der Waals surface area contributed by atoms with Gasteiger partial charge in [0.25, 0.3) is 5.91 Å². The second-order valence-electron chi connectivity index (χ2n) is 9.33.